The molecule has 2 aromatic rings. The van der Waals surface area contributed by atoms with Crippen molar-refractivity contribution in [2.75, 3.05) is 14.2 Å². The molecule has 1 unspecified atom stereocenters. The average Bonchev–Trinajstić information content (AvgIpc) is 3.40. The zero-order valence-corrected chi connectivity index (χ0v) is 21.2. The first-order chi connectivity index (χ1) is 17.8. The van der Waals surface area contributed by atoms with E-state index in [1.807, 2.05) is 0 Å². The third-order valence-corrected chi connectivity index (χ3v) is 6.40. The summed E-state index contributed by atoms with van der Waals surface area (Å²) in [4.78, 5) is 24.4. The molecule has 0 saturated heterocycles. The third kappa shape index (κ3) is 8.06. The van der Waals surface area contributed by atoms with E-state index in [9.17, 15) is 19.1 Å². The highest BCUT2D eigenvalue weighted by Gasteiger charge is 2.23. The maximum Gasteiger partial charge on any atom is 0.305 e. The summed E-state index contributed by atoms with van der Waals surface area (Å²) in [6.07, 6.45) is 6.05. The molecule has 37 heavy (non-hydrogen) atoms. The van der Waals surface area contributed by atoms with Crippen molar-refractivity contribution in [3.63, 3.8) is 0 Å². The second-order valence-electron chi connectivity index (χ2n) is 9.07. The molecule has 1 aliphatic carbocycles. The number of carbonyl (C=O) groups is 2. The van der Waals surface area contributed by atoms with Crippen LogP contribution in [0.4, 0.5) is 4.39 Å². The van der Waals surface area contributed by atoms with Crippen LogP contribution in [0.3, 0.4) is 0 Å². The fourth-order valence-corrected chi connectivity index (χ4v) is 4.49. The Bertz CT molecular complexity index is 1100. The predicted molar refractivity (Wildman–Crippen MR) is 140 cm³/mol. The number of benzene rings is 2. The van der Waals surface area contributed by atoms with E-state index < -0.39 is 17.9 Å². The van der Waals surface area contributed by atoms with Gasteiger partial charge in [-0.05, 0) is 61.6 Å². The number of aliphatic carboxylic acids is 1. The van der Waals surface area contributed by atoms with Crippen molar-refractivity contribution in [1.82, 2.24) is 10.6 Å². The number of halogens is 1. The molecule has 0 spiro atoms. The van der Waals surface area contributed by atoms with Gasteiger partial charge in [0.15, 0.2) is 0 Å². The van der Waals surface area contributed by atoms with Gasteiger partial charge in [0.1, 0.15) is 23.0 Å². The van der Waals surface area contributed by atoms with Crippen LogP contribution in [0.2, 0.25) is 0 Å². The van der Waals surface area contributed by atoms with Crippen molar-refractivity contribution in [2.24, 2.45) is 0 Å². The van der Waals surface area contributed by atoms with E-state index in [-0.39, 0.29) is 24.0 Å². The molecule has 3 rings (SSSR count). The van der Waals surface area contributed by atoms with E-state index in [0.29, 0.717) is 35.6 Å². The molecule has 1 aliphatic rings. The summed E-state index contributed by atoms with van der Waals surface area (Å²) in [5, 5.41) is 24.0. The van der Waals surface area contributed by atoms with Crippen LogP contribution in [0.5, 0.6) is 11.5 Å². The topological polar surface area (TPSA) is 121 Å². The number of rotatable bonds is 13. The normalized spacial score (nSPS) is 14.6. The van der Waals surface area contributed by atoms with Crippen LogP contribution < -0.4 is 20.1 Å². The van der Waals surface area contributed by atoms with E-state index in [4.69, 9.17) is 14.9 Å². The molecule has 198 valence electrons. The molecule has 0 bridgehead atoms. The van der Waals surface area contributed by atoms with Crippen LogP contribution >= 0.6 is 0 Å². The van der Waals surface area contributed by atoms with Gasteiger partial charge in [0.05, 0.1) is 31.9 Å². The van der Waals surface area contributed by atoms with Crippen LogP contribution in [-0.2, 0) is 16.0 Å². The summed E-state index contributed by atoms with van der Waals surface area (Å²) in [5.74, 6) is -1.04. The highest BCUT2D eigenvalue weighted by atomic mass is 19.1. The Labute approximate surface area is 216 Å². The molecule has 2 aromatic carbocycles. The zero-order chi connectivity index (χ0) is 26.8. The SMILES string of the molecule is COc1cccc(OC)c1/C(=C/C(=N)C(=O)NC(CCc1ccc(F)cc1)CC(=O)O)NC1CCCC1. The van der Waals surface area contributed by atoms with Gasteiger partial charge >= 0.3 is 5.97 Å². The van der Waals surface area contributed by atoms with Gasteiger partial charge in [-0.15, -0.1) is 0 Å². The molecule has 1 fully saturated rings. The van der Waals surface area contributed by atoms with Crippen molar-refractivity contribution in [1.29, 1.82) is 5.41 Å². The van der Waals surface area contributed by atoms with E-state index in [2.05, 4.69) is 10.6 Å². The van der Waals surface area contributed by atoms with Crippen LogP contribution in [0, 0.1) is 11.2 Å². The second kappa shape index (κ2) is 13.4. The van der Waals surface area contributed by atoms with Gasteiger partial charge in [-0.25, -0.2) is 4.39 Å². The fraction of sp³-hybridized carbons (Fsp3) is 0.393. The van der Waals surface area contributed by atoms with E-state index in [0.717, 1.165) is 31.2 Å². The van der Waals surface area contributed by atoms with Gasteiger partial charge in [-0.2, -0.15) is 0 Å². The zero-order valence-electron chi connectivity index (χ0n) is 21.2. The molecular formula is C28H34FN3O5. The Morgan fingerprint density at radius 2 is 1.73 bits per heavy atom. The molecule has 1 saturated carbocycles. The molecule has 0 radical (unpaired) electrons. The van der Waals surface area contributed by atoms with Gasteiger partial charge in [0, 0.05) is 12.1 Å². The first-order valence-electron chi connectivity index (χ1n) is 12.4. The number of ether oxygens (including phenoxy) is 2. The van der Waals surface area contributed by atoms with E-state index in [1.165, 1.54) is 18.2 Å². The largest absolute Gasteiger partial charge is 0.496 e. The number of hydrogen-bond acceptors (Lipinski definition) is 6. The molecule has 8 nitrogen and oxygen atoms in total. The van der Waals surface area contributed by atoms with Crippen molar-refractivity contribution < 1.29 is 28.6 Å². The number of methoxy groups -OCH3 is 2. The summed E-state index contributed by atoms with van der Waals surface area (Å²) in [5.41, 5.74) is 1.63. The predicted octanol–water partition coefficient (Wildman–Crippen LogP) is 4.33. The Morgan fingerprint density at radius 3 is 2.30 bits per heavy atom. The summed E-state index contributed by atoms with van der Waals surface area (Å²) < 4.78 is 24.3. The number of amides is 1. The Hall–Kier alpha value is -3.88. The van der Waals surface area contributed by atoms with Gasteiger partial charge in [-0.3, -0.25) is 15.0 Å². The van der Waals surface area contributed by atoms with E-state index >= 15 is 0 Å². The Kier molecular flexibility index (Phi) is 10.1. The van der Waals surface area contributed by atoms with Crippen LogP contribution in [0.25, 0.3) is 5.70 Å². The summed E-state index contributed by atoms with van der Waals surface area (Å²) in [6, 6.07) is 10.8. The lowest BCUT2D eigenvalue weighted by Gasteiger charge is -2.22. The molecule has 0 heterocycles. The van der Waals surface area contributed by atoms with Crippen molar-refractivity contribution in [3.8, 4) is 11.5 Å². The minimum Gasteiger partial charge on any atom is -0.496 e. The van der Waals surface area contributed by atoms with Gasteiger partial charge in [-0.1, -0.05) is 31.0 Å². The molecule has 0 aliphatic heterocycles. The van der Waals surface area contributed by atoms with Crippen LogP contribution in [0.15, 0.2) is 48.5 Å². The van der Waals surface area contributed by atoms with E-state index in [1.54, 1.807) is 44.6 Å². The monoisotopic (exact) mass is 511 g/mol. The van der Waals surface area contributed by atoms with Gasteiger partial charge in [0.2, 0.25) is 0 Å². The lowest BCUT2D eigenvalue weighted by Crippen LogP contribution is -2.40. The highest BCUT2D eigenvalue weighted by molar-refractivity contribution is 6.43. The number of carbonyl (C=O) groups excluding carboxylic acids is 1. The van der Waals surface area contributed by atoms with Crippen LogP contribution in [-0.4, -0.2) is 49.0 Å². The maximum atomic E-state index is 13.2. The number of carboxylic acids is 1. The first kappa shape index (κ1) is 27.7. The molecular weight excluding hydrogens is 477 g/mol. The number of carboxylic acid groups (broad SMARTS) is 1. The molecule has 9 heteroatoms. The van der Waals surface area contributed by atoms with Crippen molar-refractivity contribution in [3.05, 3.63) is 65.5 Å². The van der Waals surface area contributed by atoms with Crippen molar-refractivity contribution in [2.45, 2.75) is 57.0 Å². The summed E-state index contributed by atoms with van der Waals surface area (Å²) in [7, 11) is 3.09. The minimum atomic E-state index is -1.06. The lowest BCUT2D eigenvalue weighted by molar-refractivity contribution is -0.137. The number of hydrogen-bond donors (Lipinski definition) is 4. The van der Waals surface area contributed by atoms with Crippen molar-refractivity contribution >= 4 is 23.3 Å². The van der Waals surface area contributed by atoms with Crippen LogP contribution in [0.1, 0.15) is 49.7 Å². The average molecular weight is 512 g/mol. The Morgan fingerprint density at radius 1 is 1.11 bits per heavy atom. The molecule has 4 N–H and O–H groups in total. The lowest BCUT2D eigenvalue weighted by atomic mass is 10.0. The standard InChI is InChI=1S/C28H34FN3O5/c1-36-24-8-5-9-25(37-2)27(24)23(31-20-6-3-4-7-20)17-22(30)28(35)32-21(16-26(33)34)15-12-18-10-13-19(29)14-11-18/h5,8-11,13-14,17,20-21,30-31H,3-4,6-7,12,15-16H2,1-2H3,(H,32,35)(H,33,34)/b23-17-,30-22?. The molecule has 1 amide bonds. The maximum absolute atomic E-state index is 13.2. The fourth-order valence-electron chi connectivity index (χ4n) is 4.49. The highest BCUT2D eigenvalue weighted by Crippen LogP contribution is 2.35. The minimum absolute atomic E-state index is 0.187. The molecule has 1 atom stereocenters. The Balaban J connectivity index is 1.81. The first-order valence-corrected chi connectivity index (χ1v) is 12.4. The number of aryl methyl sites for hydroxylation is 1. The second-order valence-corrected chi connectivity index (χ2v) is 9.07. The molecule has 0 aromatic heterocycles. The smallest absolute Gasteiger partial charge is 0.305 e. The van der Waals surface area contributed by atoms with Gasteiger partial charge < -0.3 is 25.2 Å². The quantitative estimate of drug-likeness (QED) is 0.297. The van der Waals surface area contributed by atoms with Gasteiger partial charge in [0.25, 0.3) is 5.91 Å². The summed E-state index contributed by atoms with van der Waals surface area (Å²) in [6.45, 7) is 0. The summed E-state index contributed by atoms with van der Waals surface area (Å²) >= 11 is 0. The number of nitrogens with one attached hydrogen (secondary N) is 3. The third-order valence-electron chi connectivity index (χ3n) is 6.40.